The molecule has 0 nitrogen and oxygen atoms in total. The Morgan fingerprint density at radius 3 is 2.18 bits per heavy atom. The Labute approximate surface area is 71.7 Å². The minimum atomic E-state index is 0.745. The standard InChI is InChI=1S/C11H22/c1-6-7-8-11(9(2)3)10(4)5/h10-11H,2,6-8H2,1,3-5H3. The Morgan fingerprint density at radius 1 is 1.36 bits per heavy atom. The van der Waals surface area contributed by atoms with Crippen LogP contribution in [0.4, 0.5) is 0 Å². The van der Waals surface area contributed by atoms with Crippen LogP contribution < -0.4 is 0 Å². The Bertz CT molecular complexity index is 111. The summed E-state index contributed by atoms with van der Waals surface area (Å²) < 4.78 is 0. The van der Waals surface area contributed by atoms with Gasteiger partial charge in [0.1, 0.15) is 0 Å². The summed E-state index contributed by atoms with van der Waals surface area (Å²) in [4.78, 5) is 0. The molecule has 0 saturated carbocycles. The number of unbranched alkanes of at least 4 members (excludes halogenated alkanes) is 1. The van der Waals surface area contributed by atoms with E-state index in [1.54, 1.807) is 0 Å². The summed E-state index contributed by atoms with van der Waals surface area (Å²) in [7, 11) is 0. The normalized spacial score (nSPS) is 13.5. The van der Waals surface area contributed by atoms with Crippen molar-refractivity contribution in [1.82, 2.24) is 0 Å². The van der Waals surface area contributed by atoms with E-state index in [9.17, 15) is 0 Å². The van der Waals surface area contributed by atoms with Gasteiger partial charge in [-0.15, -0.1) is 0 Å². The monoisotopic (exact) mass is 154 g/mol. The molecule has 0 heteroatoms. The lowest BCUT2D eigenvalue weighted by atomic mass is 9.86. The van der Waals surface area contributed by atoms with E-state index < -0.39 is 0 Å². The Hall–Kier alpha value is -0.260. The molecule has 0 bridgehead atoms. The van der Waals surface area contributed by atoms with Gasteiger partial charge >= 0.3 is 0 Å². The van der Waals surface area contributed by atoms with Crippen molar-refractivity contribution in [2.24, 2.45) is 11.8 Å². The third-order valence-electron chi connectivity index (χ3n) is 2.31. The molecule has 0 radical (unpaired) electrons. The molecule has 11 heavy (non-hydrogen) atoms. The van der Waals surface area contributed by atoms with Crippen molar-refractivity contribution in [3.8, 4) is 0 Å². The first-order valence-corrected chi connectivity index (χ1v) is 4.75. The van der Waals surface area contributed by atoms with Gasteiger partial charge in [-0.25, -0.2) is 0 Å². The van der Waals surface area contributed by atoms with Gasteiger partial charge in [0.25, 0.3) is 0 Å². The van der Waals surface area contributed by atoms with Crippen LogP contribution in [0.1, 0.15) is 47.0 Å². The average molecular weight is 154 g/mol. The van der Waals surface area contributed by atoms with Crippen molar-refractivity contribution in [2.75, 3.05) is 0 Å². The second-order valence-electron chi connectivity index (χ2n) is 3.84. The Balaban J connectivity index is 3.80. The van der Waals surface area contributed by atoms with Crippen molar-refractivity contribution < 1.29 is 0 Å². The van der Waals surface area contributed by atoms with Gasteiger partial charge in [0.15, 0.2) is 0 Å². The maximum atomic E-state index is 4.03. The smallest absolute Gasteiger partial charge is 0.0186 e. The van der Waals surface area contributed by atoms with E-state index in [1.165, 1.54) is 24.8 Å². The molecule has 0 fully saturated rings. The minimum absolute atomic E-state index is 0.745. The molecular formula is C11H22. The first-order chi connectivity index (χ1) is 5.09. The molecule has 0 aromatic heterocycles. The van der Waals surface area contributed by atoms with Crippen molar-refractivity contribution in [3.05, 3.63) is 12.2 Å². The predicted molar refractivity (Wildman–Crippen MR) is 52.7 cm³/mol. The van der Waals surface area contributed by atoms with Crippen LogP contribution in [0.5, 0.6) is 0 Å². The van der Waals surface area contributed by atoms with E-state index in [1.807, 2.05) is 0 Å². The Kier molecular flexibility index (Phi) is 5.27. The van der Waals surface area contributed by atoms with E-state index in [2.05, 4.69) is 34.3 Å². The van der Waals surface area contributed by atoms with Gasteiger partial charge in [-0.2, -0.15) is 0 Å². The van der Waals surface area contributed by atoms with Gasteiger partial charge < -0.3 is 0 Å². The molecule has 0 spiro atoms. The van der Waals surface area contributed by atoms with Crippen molar-refractivity contribution in [1.29, 1.82) is 0 Å². The molecule has 0 N–H and O–H groups in total. The van der Waals surface area contributed by atoms with Crippen LogP contribution in [0.25, 0.3) is 0 Å². The quantitative estimate of drug-likeness (QED) is 0.524. The third kappa shape index (κ3) is 4.23. The van der Waals surface area contributed by atoms with Crippen molar-refractivity contribution in [2.45, 2.75) is 47.0 Å². The van der Waals surface area contributed by atoms with Crippen molar-refractivity contribution in [3.63, 3.8) is 0 Å². The maximum absolute atomic E-state index is 4.03. The molecule has 0 saturated heterocycles. The van der Waals surface area contributed by atoms with Crippen LogP contribution in [0.3, 0.4) is 0 Å². The third-order valence-corrected chi connectivity index (χ3v) is 2.31. The molecule has 1 atom stereocenters. The lowest BCUT2D eigenvalue weighted by molar-refractivity contribution is 0.403. The highest BCUT2D eigenvalue weighted by atomic mass is 14.2. The zero-order chi connectivity index (χ0) is 8.85. The molecule has 0 aliphatic heterocycles. The molecule has 66 valence electrons. The fraction of sp³-hybridized carbons (Fsp3) is 0.818. The number of hydrogen-bond acceptors (Lipinski definition) is 0. The maximum Gasteiger partial charge on any atom is -0.0186 e. The molecular weight excluding hydrogens is 132 g/mol. The van der Waals surface area contributed by atoms with Crippen LogP contribution in [0.2, 0.25) is 0 Å². The predicted octanol–water partition coefficient (Wildman–Crippen LogP) is 4.02. The highest BCUT2D eigenvalue weighted by molar-refractivity contribution is 4.97. The first kappa shape index (κ1) is 10.7. The molecule has 1 unspecified atom stereocenters. The fourth-order valence-electron chi connectivity index (χ4n) is 1.57. The van der Waals surface area contributed by atoms with Gasteiger partial charge in [-0.1, -0.05) is 45.8 Å². The summed E-state index contributed by atoms with van der Waals surface area (Å²) in [5.74, 6) is 1.51. The van der Waals surface area contributed by atoms with E-state index in [4.69, 9.17) is 0 Å². The van der Waals surface area contributed by atoms with Gasteiger partial charge in [-0.05, 0) is 25.2 Å². The second kappa shape index (κ2) is 5.40. The SMILES string of the molecule is C=C(C)C(CCCC)C(C)C. The molecule has 0 aliphatic rings. The minimum Gasteiger partial charge on any atom is -0.0999 e. The number of rotatable bonds is 5. The highest BCUT2D eigenvalue weighted by Crippen LogP contribution is 2.24. The average Bonchev–Trinajstić information content (AvgIpc) is 1.87. The summed E-state index contributed by atoms with van der Waals surface area (Å²) in [6, 6.07) is 0. The molecule has 0 amide bonds. The van der Waals surface area contributed by atoms with Crippen LogP contribution in [0.15, 0.2) is 12.2 Å². The second-order valence-corrected chi connectivity index (χ2v) is 3.84. The zero-order valence-electron chi connectivity index (χ0n) is 8.48. The van der Waals surface area contributed by atoms with Gasteiger partial charge in [0.05, 0.1) is 0 Å². The van der Waals surface area contributed by atoms with E-state index in [0.29, 0.717) is 0 Å². The van der Waals surface area contributed by atoms with Gasteiger partial charge in [0, 0.05) is 0 Å². The van der Waals surface area contributed by atoms with E-state index in [0.717, 1.165) is 11.8 Å². The topological polar surface area (TPSA) is 0 Å². The summed E-state index contributed by atoms with van der Waals surface area (Å²) in [5.41, 5.74) is 1.36. The highest BCUT2D eigenvalue weighted by Gasteiger charge is 2.12. The largest absolute Gasteiger partial charge is 0.0999 e. The van der Waals surface area contributed by atoms with E-state index >= 15 is 0 Å². The van der Waals surface area contributed by atoms with Gasteiger partial charge in [0.2, 0.25) is 0 Å². The first-order valence-electron chi connectivity index (χ1n) is 4.75. The van der Waals surface area contributed by atoms with Crippen LogP contribution in [-0.2, 0) is 0 Å². The van der Waals surface area contributed by atoms with Gasteiger partial charge in [-0.3, -0.25) is 0 Å². The molecule has 0 aromatic carbocycles. The molecule has 0 aromatic rings. The zero-order valence-corrected chi connectivity index (χ0v) is 8.48. The van der Waals surface area contributed by atoms with Crippen molar-refractivity contribution >= 4 is 0 Å². The number of hydrogen-bond donors (Lipinski definition) is 0. The van der Waals surface area contributed by atoms with Crippen LogP contribution in [0, 0.1) is 11.8 Å². The van der Waals surface area contributed by atoms with Crippen LogP contribution in [-0.4, -0.2) is 0 Å². The summed E-state index contributed by atoms with van der Waals surface area (Å²) in [6.45, 7) is 13.0. The summed E-state index contributed by atoms with van der Waals surface area (Å²) >= 11 is 0. The Morgan fingerprint density at radius 2 is 1.91 bits per heavy atom. The number of allylic oxidation sites excluding steroid dienone is 1. The molecule has 0 heterocycles. The lowest BCUT2D eigenvalue weighted by Gasteiger charge is -2.20. The van der Waals surface area contributed by atoms with Crippen LogP contribution >= 0.6 is 0 Å². The lowest BCUT2D eigenvalue weighted by Crippen LogP contribution is -2.09. The summed E-state index contributed by atoms with van der Waals surface area (Å²) in [6.07, 6.45) is 3.97. The molecule has 0 aliphatic carbocycles. The van der Waals surface area contributed by atoms with E-state index in [-0.39, 0.29) is 0 Å². The fourth-order valence-corrected chi connectivity index (χ4v) is 1.57. The summed E-state index contributed by atoms with van der Waals surface area (Å²) in [5, 5.41) is 0. The molecule has 0 rings (SSSR count).